The third-order valence-corrected chi connectivity index (χ3v) is 13.8. The van der Waals surface area contributed by atoms with Gasteiger partial charge in [-0.3, -0.25) is 9.59 Å². The number of unbranched alkanes of at least 4 members (excludes halogenated alkanes) is 28. The van der Waals surface area contributed by atoms with E-state index in [0.717, 1.165) is 89.9 Å². The highest BCUT2D eigenvalue weighted by atomic mass is 16.7. The van der Waals surface area contributed by atoms with Crippen molar-refractivity contribution in [1.29, 1.82) is 0 Å². The number of quaternary nitrogens is 1. The van der Waals surface area contributed by atoms with Crippen LogP contribution in [0.4, 0.5) is 0 Å². The number of allylic oxidation sites excluding steroid dienone is 16. The number of aliphatic carboxylic acids is 1. The smallest absolute Gasteiger partial charge is 0.361 e. The standard InChI is InChI=1S/C70H121NO8/c1-6-8-10-12-14-16-18-20-22-24-26-28-30-31-32-33-34-35-36-37-39-40-42-44-46-48-50-52-54-56-58-60-67(72)77-64-66(65-78-70(69(74)75)76-63-62-71(3,4)5)79-68(73)61-59-57-55-53-51-49-47-45-43-41-38-29-27-25-23-21-19-17-15-13-11-9-7-2/h9,11,15,17-18,20-21,23-24,26-27,29,41,43,47,49,66,70H,6-8,10,12-14,16,19,22,25,28,30-40,42,44-46,48,50-65H2,1-5H3/p+1/b11-9-,17-15-,20-18-,23-21-,26-24-,29-27-,43-41-,49-47-. The number of nitrogens with zero attached hydrogens (tertiary/aromatic N) is 1. The van der Waals surface area contributed by atoms with Crippen molar-refractivity contribution in [3.05, 3.63) is 97.2 Å². The Labute approximate surface area is 486 Å². The molecule has 79 heavy (non-hydrogen) atoms. The predicted molar refractivity (Wildman–Crippen MR) is 336 cm³/mol. The van der Waals surface area contributed by atoms with Gasteiger partial charge in [-0.25, -0.2) is 4.79 Å². The van der Waals surface area contributed by atoms with E-state index < -0.39 is 24.3 Å². The van der Waals surface area contributed by atoms with Crippen molar-refractivity contribution in [1.82, 2.24) is 0 Å². The molecule has 2 atom stereocenters. The fraction of sp³-hybridized carbons (Fsp3) is 0.729. The number of hydrogen-bond donors (Lipinski definition) is 1. The van der Waals surface area contributed by atoms with Gasteiger partial charge in [0.1, 0.15) is 13.2 Å². The minimum absolute atomic E-state index is 0.178. The second-order valence-corrected chi connectivity index (χ2v) is 22.7. The van der Waals surface area contributed by atoms with Crippen molar-refractivity contribution in [2.75, 3.05) is 47.5 Å². The number of carboxylic acids is 1. The first-order valence-corrected chi connectivity index (χ1v) is 32.4. The topological polar surface area (TPSA) is 108 Å². The zero-order chi connectivity index (χ0) is 57.6. The largest absolute Gasteiger partial charge is 0.477 e. The summed E-state index contributed by atoms with van der Waals surface area (Å²) < 4.78 is 22.9. The van der Waals surface area contributed by atoms with Crippen LogP contribution in [-0.4, -0.2) is 87.4 Å². The summed E-state index contributed by atoms with van der Waals surface area (Å²) in [4.78, 5) is 37.5. The first kappa shape index (κ1) is 75.2. The maximum absolute atomic E-state index is 12.9. The molecular formula is C70H122NO8+. The molecule has 0 bridgehead atoms. The molecule has 0 aromatic carbocycles. The molecule has 9 heteroatoms. The first-order valence-electron chi connectivity index (χ1n) is 32.4. The van der Waals surface area contributed by atoms with Crippen molar-refractivity contribution < 1.29 is 42.9 Å². The lowest BCUT2D eigenvalue weighted by Crippen LogP contribution is -2.40. The van der Waals surface area contributed by atoms with E-state index in [1.165, 1.54) is 148 Å². The van der Waals surface area contributed by atoms with Crippen LogP contribution < -0.4 is 0 Å². The SMILES string of the molecule is CC/C=C\C/C=C\C/C=C\C/C=C\C/C=C\C/C=C\CCCCCCC(=O)OC(COC(=O)CCCCCCCCCCCCCCCCCCCCC/C=C\C/C=C\CCCCCCC)COC(OCC[N+](C)(C)C)C(=O)O. The molecular weight excluding hydrogens is 983 g/mol. The zero-order valence-corrected chi connectivity index (χ0v) is 51.8. The molecule has 0 aliphatic heterocycles. The van der Waals surface area contributed by atoms with Gasteiger partial charge in [0.15, 0.2) is 6.10 Å². The Balaban J connectivity index is 4.18. The van der Waals surface area contributed by atoms with Crippen molar-refractivity contribution in [2.24, 2.45) is 0 Å². The lowest BCUT2D eigenvalue weighted by Gasteiger charge is -2.25. The van der Waals surface area contributed by atoms with E-state index in [2.05, 4.69) is 111 Å². The summed E-state index contributed by atoms with van der Waals surface area (Å²) in [6, 6.07) is 0. The van der Waals surface area contributed by atoms with Gasteiger partial charge in [0.2, 0.25) is 0 Å². The highest BCUT2D eigenvalue weighted by Gasteiger charge is 2.25. The summed E-state index contributed by atoms with van der Waals surface area (Å²) in [6.45, 7) is 4.74. The number of hydrogen-bond acceptors (Lipinski definition) is 7. The molecule has 454 valence electrons. The average molecular weight is 1110 g/mol. The van der Waals surface area contributed by atoms with Gasteiger partial charge in [-0.15, -0.1) is 0 Å². The van der Waals surface area contributed by atoms with Crippen molar-refractivity contribution in [3.8, 4) is 0 Å². The molecule has 0 rings (SSSR count). The van der Waals surface area contributed by atoms with Crippen molar-refractivity contribution >= 4 is 17.9 Å². The van der Waals surface area contributed by atoms with Gasteiger partial charge in [0, 0.05) is 12.8 Å². The maximum Gasteiger partial charge on any atom is 0.361 e. The van der Waals surface area contributed by atoms with Crippen LogP contribution in [0.5, 0.6) is 0 Å². The van der Waals surface area contributed by atoms with Crippen LogP contribution in [0.15, 0.2) is 97.2 Å². The van der Waals surface area contributed by atoms with Gasteiger partial charge in [-0.05, 0) is 96.3 Å². The predicted octanol–water partition coefficient (Wildman–Crippen LogP) is 19.7. The number of rotatable bonds is 59. The van der Waals surface area contributed by atoms with Crippen molar-refractivity contribution in [2.45, 2.75) is 283 Å². The van der Waals surface area contributed by atoms with Crippen LogP contribution in [0.2, 0.25) is 0 Å². The van der Waals surface area contributed by atoms with Gasteiger partial charge in [-0.1, -0.05) is 259 Å². The quantitative estimate of drug-likeness (QED) is 0.0211. The second-order valence-electron chi connectivity index (χ2n) is 22.7. The Morgan fingerprint density at radius 1 is 0.392 bits per heavy atom. The average Bonchev–Trinajstić information content (AvgIpc) is 3.42. The van der Waals surface area contributed by atoms with Crippen LogP contribution in [0.3, 0.4) is 0 Å². The third-order valence-electron chi connectivity index (χ3n) is 13.8. The zero-order valence-electron chi connectivity index (χ0n) is 51.8. The van der Waals surface area contributed by atoms with Gasteiger partial charge >= 0.3 is 17.9 Å². The summed E-state index contributed by atoms with van der Waals surface area (Å²) in [7, 11) is 5.96. The van der Waals surface area contributed by atoms with E-state index in [-0.39, 0.29) is 32.2 Å². The Hall–Kier alpha value is -3.79. The van der Waals surface area contributed by atoms with E-state index in [9.17, 15) is 19.5 Å². The molecule has 0 aromatic rings. The van der Waals surface area contributed by atoms with Gasteiger partial charge in [-0.2, -0.15) is 0 Å². The van der Waals surface area contributed by atoms with Crippen LogP contribution in [0.1, 0.15) is 271 Å². The van der Waals surface area contributed by atoms with Gasteiger partial charge in [0.05, 0.1) is 34.4 Å². The Kier molecular flexibility index (Phi) is 57.4. The summed E-state index contributed by atoms with van der Waals surface area (Å²) >= 11 is 0. The molecule has 0 saturated heterocycles. The molecule has 0 saturated carbocycles. The van der Waals surface area contributed by atoms with E-state index in [1.54, 1.807) is 0 Å². The van der Waals surface area contributed by atoms with E-state index in [4.69, 9.17) is 18.9 Å². The maximum atomic E-state index is 12.9. The number of carboxylic acid groups (broad SMARTS) is 1. The molecule has 9 nitrogen and oxygen atoms in total. The number of ether oxygens (including phenoxy) is 4. The lowest BCUT2D eigenvalue weighted by atomic mass is 10.0. The van der Waals surface area contributed by atoms with E-state index >= 15 is 0 Å². The van der Waals surface area contributed by atoms with Crippen LogP contribution in [-0.2, 0) is 33.3 Å². The van der Waals surface area contributed by atoms with Gasteiger partial charge < -0.3 is 28.5 Å². The molecule has 0 fully saturated rings. The molecule has 0 radical (unpaired) electrons. The lowest BCUT2D eigenvalue weighted by molar-refractivity contribution is -0.870. The Morgan fingerprint density at radius 3 is 1.08 bits per heavy atom. The molecule has 1 N–H and O–H groups in total. The molecule has 2 unspecified atom stereocenters. The molecule has 0 aromatic heterocycles. The Morgan fingerprint density at radius 2 is 0.722 bits per heavy atom. The highest BCUT2D eigenvalue weighted by Crippen LogP contribution is 2.17. The molecule has 0 spiro atoms. The Bertz CT molecular complexity index is 1620. The van der Waals surface area contributed by atoms with E-state index in [1.807, 2.05) is 21.1 Å². The third kappa shape index (κ3) is 61.7. The molecule has 0 heterocycles. The number of likely N-dealkylation sites (N-methyl/N-ethyl adjacent to an activating group) is 1. The molecule has 0 aliphatic carbocycles. The highest BCUT2D eigenvalue weighted by molar-refractivity contribution is 5.71. The molecule has 0 aliphatic rings. The fourth-order valence-corrected chi connectivity index (χ4v) is 8.87. The normalized spacial score (nSPS) is 13.4. The van der Waals surface area contributed by atoms with Crippen molar-refractivity contribution in [3.63, 3.8) is 0 Å². The second kappa shape index (κ2) is 60.3. The summed E-state index contributed by atoms with van der Waals surface area (Å²) in [6.07, 6.45) is 79.4. The fourth-order valence-electron chi connectivity index (χ4n) is 8.87. The minimum Gasteiger partial charge on any atom is -0.477 e. The molecule has 0 amide bonds. The van der Waals surface area contributed by atoms with Crippen LogP contribution in [0, 0.1) is 0 Å². The summed E-state index contributed by atoms with van der Waals surface area (Å²) in [5.41, 5.74) is 0. The summed E-state index contributed by atoms with van der Waals surface area (Å²) in [5, 5.41) is 9.72. The number of esters is 2. The first-order chi connectivity index (χ1) is 38.6. The minimum atomic E-state index is -1.52. The van der Waals surface area contributed by atoms with Crippen LogP contribution >= 0.6 is 0 Å². The van der Waals surface area contributed by atoms with Gasteiger partial charge in [0.25, 0.3) is 6.29 Å². The number of carbonyl (C=O) groups excluding carboxylic acids is 2. The monoisotopic (exact) mass is 1100 g/mol. The van der Waals surface area contributed by atoms with Crippen LogP contribution in [0.25, 0.3) is 0 Å². The summed E-state index contributed by atoms with van der Waals surface area (Å²) in [5.74, 6) is -2.04. The number of carbonyl (C=O) groups is 3. The van der Waals surface area contributed by atoms with E-state index in [0.29, 0.717) is 23.9 Å².